The topological polar surface area (TPSA) is 65.0 Å². The van der Waals surface area contributed by atoms with E-state index in [1.165, 1.54) is 0 Å². The molecule has 8 nitrogen and oxygen atoms in total. The first-order chi connectivity index (χ1) is 12.2. The zero-order valence-electron chi connectivity index (χ0n) is 15.2. The van der Waals surface area contributed by atoms with Gasteiger partial charge in [0.05, 0.1) is 6.61 Å². The van der Waals surface area contributed by atoms with Crippen molar-refractivity contribution in [2.75, 3.05) is 75.3 Å². The predicted molar refractivity (Wildman–Crippen MR) is 97.2 cm³/mol. The van der Waals surface area contributed by atoms with Crippen molar-refractivity contribution in [3.8, 4) is 0 Å². The third-order valence-corrected chi connectivity index (χ3v) is 4.91. The summed E-state index contributed by atoms with van der Waals surface area (Å²) in [4.78, 5) is 29.4. The third kappa shape index (κ3) is 4.31. The average Bonchev–Trinajstić information content (AvgIpc) is 2.68. The van der Waals surface area contributed by atoms with Gasteiger partial charge in [0.1, 0.15) is 18.0 Å². The molecule has 0 saturated carbocycles. The summed E-state index contributed by atoms with van der Waals surface area (Å²) < 4.78 is 5.07. The Morgan fingerprint density at radius 2 is 1.52 bits per heavy atom. The first-order valence-electron chi connectivity index (χ1n) is 9.17. The molecule has 138 valence electrons. The van der Waals surface area contributed by atoms with Crippen LogP contribution in [0.3, 0.4) is 0 Å². The van der Waals surface area contributed by atoms with E-state index >= 15 is 0 Å². The number of carbonyl (C=O) groups excluding carboxylic acids is 1. The number of piperazine rings is 2. The minimum absolute atomic E-state index is 0.223. The molecule has 2 aliphatic rings. The Balaban J connectivity index is 1.58. The highest BCUT2D eigenvalue weighted by Crippen LogP contribution is 2.20. The molecule has 0 spiro atoms. The van der Waals surface area contributed by atoms with Gasteiger partial charge in [0.2, 0.25) is 0 Å². The van der Waals surface area contributed by atoms with Gasteiger partial charge in [-0.3, -0.25) is 0 Å². The van der Waals surface area contributed by atoms with Gasteiger partial charge in [0, 0.05) is 58.4 Å². The van der Waals surface area contributed by atoms with E-state index in [0.29, 0.717) is 19.7 Å². The average molecular weight is 348 g/mol. The number of hydrogen-bond donors (Lipinski definition) is 0. The molecule has 3 heterocycles. The van der Waals surface area contributed by atoms with Crippen molar-refractivity contribution < 1.29 is 9.53 Å². The lowest BCUT2D eigenvalue weighted by Crippen LogP contribution is -2.49. The van der Waals surface area contributed by atoms with Gasteiger partial charge in [-0.05, 0) is 13.5 Å². The summed E-state index contributed by atoms with van der Waals surface area (Å²) in [5, 5.41) is 0. The molecular weight excluding hydrogens is 320 g/mol. The van der Waals surface area contributed by atoms with Crippen LogP contribution in [0.25, 0.3) is 0 Å². The van der Waals surface area contributed by atoms with Gasteiger partial charge in [0.15, 0.2) is 0 Å². The summed E-state index contributed by atoms with van der Waals surface area (Å²) in [6.45, 7) is 12.6. The monoisotopic (exact) mass is 348 g/mol. The molecular formula is C17H28N6O2. The molecule has 0 aromatic carbocycles. The molecule has 1 amide bonds. The maximum absolute atomic E-state index is 11.8. The highest BCUT2D eigenvalue weighted by atomic mass is 16.6. The minimum atomic E-state index is -0.223. The zero-order chi connectivity index (χ0) is 17.6. The van der Waals surface area contributed by atoms with E-state index in [1.807, 2.05) is 6.92 Å². The van der Waals surface area contributed by atoms with Crippen molar-refractivity contribution in [2.24, 2.45) is 0 Å². The van der Waals surface area contributed by atoms with Gasteiger partial charge < -0.3 is 24.3 Å². The molecule has 0 unspecified atom stereocenters. The van der Waals surface area contributed by atoms with Gasteiger partial charge in [-0.2, -0.15) is 0 Å². The van der Waals surface area contributed by atoms with E-state index < -0.39 is 0 Å². The summed E-state index contributed by atoms with van der Waals surface area (Å²) in [6, 6.07) is 2.07. The maximum atomic E-state index is 11.8. The minimum Gasteiger partial charge on any atom is -0.450 e. The number of anilines is 2. The number of ether oxygens (including phenoxy) is 1. The Morgan fingerprint density at radius 1 is 0.960 bits per heavy atom. The van der Waals surface area contributed by atoms with Crippen LogP contribution in [-0.2, 0) is 4.74 Å². The number of amides is 1. The van der Waals surface area contributed by atoms with Crippen LogP contribution in [0.4, 0.5) is 16.4 Å². The Bertz CT molecular complexity index is 568. The zero-order valence-corrected chi connectivity index (χ0v) is 15.2. The number of hydrogen-bond acceptors (Lipinski definition) is 7. The van der Waals surface area contributed by atoms with Crippen molar-refractivity contribution in [2.45, 2.75) is 13.8 Å². The second-order valence-electron chi connectivity index (χ2n) is 6.33. The largest absolute Gasteiger partial charge is 0.450 e. The van der Waals surface area contributed by atoms with Gasteiger partial charge in [-0.15, -0.1) is 0 Å². The van der Waals surface area contributed by atoms with Gasteiger partial charge in [-0.25, -0.2) is 14.8 Å². The quantitative estimate of drug-likeness (QED) is 0.801. The van der Waals surface area contributed by atoms with Crippen LogP contribution in [0.15, 0.2) is 12.4 Å². The Kier molecular flexibility index (Phi) is 5.91. The highest BCUT2D eigenvalue weighted by Gasteiger charge is 2.24. The lowest BCUT2D eigenvalue weighted by atomic mass is 10.3. The molecule has 3 rings (SSSR count). The van der Waals surface area contributed by atoms with Crippen LogP contribution in [0.1, 0.15) is 13.8 Å². The van der Waals surface area contributed by atoms with Crippen molar-refractivity contribution in [1.82, 2.24) is 19.8 Å². The first-order valence-corrected chi connectivity index (χ1v) is 9.17. The fraction of sp³-hybridized carbons (Fsp3) is 0.706. The van der Waals surface area contributed by atoms with Crippen LogP contribution < -0.4 is 9.80 Å². The predicted octanol–water partition coefficient (Wildman–Crippen LogP) is 0.897. The molecule has 2 saturated heterocycles. The Morgan fingerprint density at radius 3 is 2.04 bits per heavy atom. The molecule has 1 aromatic rings. The van der Waals surface area contributed by atoms with E-state index in [9.17, 15) is 4.79 Å². The van der Waals surface area contributed by atoms with Crippen molar-refractivity contribution in [3.63, 3.8) is 0 Å². The maximum Gasteiger partial charge on any atom is 0.409 e. The second-order valence-corrected chi connectivity index (χ2v) is 6.33. The summed E-state index contributed by atoms with van der Waals surface area (Å²) in [6.07, 6.45) is 1.42. The van der Waals surface area contributed by atoms with Crippen LogP contribution in [0, 0.1) is 0 Å². The SMILES string of the molecule is CCOC(=O)N1CCN(c2cc(N3CCN(CC)CC3)ncn2)CC1. The Hall–Kier alpha value is -2.09. The number of likely N-dealkylation sites (N-methyl/N-ethyl adjacent to an activating group) is 1. The summed E-state index contributed by atoms with van der Waals surface area (Å²) in [5.74, 6) is 1.93. The summed E-state index contributed by atoms with van der Waals surface area (Å²) in [5.41, 5.74) is 0. The molecule has 2 aliphatic heterocycles. The standard InChI is InChI=1S/C17H28N6O2/c1-3-20-5-7-21(8-6-20)15-13-16(19-14-18-15)22-9-11-23(12-10-22)17(24)25-4-2/h13-14H,3-12H2,1-2H3. The van der Waals surface area contributed by atoms with E-state index in [1.54, 1.807) is 11.2 Å². The van der Waals surface area contributed by atoms with Crippen LogP contribution in [0.2, 0.25) is 0 Å². The van der Waals surface area contributed by atoms with E-state index in [0.717, 1.165) is 57.4 Å². The molecule has 0 aliphatic carbocycles. The number of aromatic nitrogens is 2. The lowest BCUT2D eigenvalue weighted by molar-refractivity contribution is 0.105. The summed E-state index contributed by atoms with van der Waals surface area (Å²) in [7, 11) is 0. The molecule has 2 fully saturated rings. The van der Waals surface area contributed by atoms with Crippen LogP contribution in [0.5, 0.6) is 0 Å². The molecule has 1 aromatic heterocycles. The molecule has 0 radical (unpaired) electrons. The van der Waals surface area contributed by atoms with E-state index in [-0.39, 0.29) is 6.09 Å². The third-order valence-electron chi connectivity index (χ3n) is 4.91. The fourth-order valence-corrected chi connectivity index (χ4v) is 3.31. The lowest BCUT2D eigenvalue weighted by Gasteiger charge is -2.36. The first kappa shape index (κ1) is 17.7. The van der Waals surface area contributed by atoms with Crippen LogP contribution in [-0.4, -0.2) is 91.4 Å². The molecule has 0 atom stereocenters. The smallest absolute Gasteiger partial charge is 0.409 e. The van der Waals surface area contributed by atoms with Gasteiger partial charge in [0.25, 0.3) is 0 Å². The second kappa shape index (κ2) is 8.33. The molecule has 8 heteroatoms. The van der Waals surface area contributed by atoms with Crippen LogP contribution >= 0.6 is 0 Å². The normalized spacial score (nSPS) is 19.2. The Labute approximate surface area is 149 Å². The molecule has 0 N–H and O–H groups in total. The highest BCUT2D eigenvalue weighted by molar-refractivity contribution is 5.68. The van der Waals surface area contributed by atoms with E-state index in [4.69, 9.17) is 4.74 Å². The number of nitrogens with zero attached hydrogens (tertiary/aromatic N) is 6. The van der Waals surface area contributed by atoms with Crippen molar-refractivity contribution in [3.05, 3.63) is 12.4 Å². The number of rotatable bonds is 4. The molecule has 25 heavy (non-hydrogen) atoms. The van der Waals surface area contributed by atoms with Crippen molar-refractivity contribution >= 4 is 17.7 Å². The van der Waals surface area contributed by atoms with E-state index in [2.05, 4.69) is 37.7 Å². The molecule has 0 bridgehead atoms. The summed E-state index contributed by atoms with van der Waals surface area (Å²) >= 11 is 0. The fourth-order valence-electron chi connectivity index (χ4n) is 3.31. The van der Waals surface area contributed by atoms with Gasteiger partial charge >= 0.3 is 6.09 Å². The van der Waals surface area contributed by atoms with Crippen molar-refractivity contribution in [1.29, 1.82) is 0 Å². The van der Waals surface area contributed by atoms with Gasteiger partial charge in [-0.1, -0.05) is 6.92 Å². The number of carbonyl (C=O) groups is 1.